The van der Waals surface area contributed by atoms with Gasteiger partial charge < -0.3 is 0 Å². The Hall–Kier alpha value is 0.473. The topological polar surface area (TPSA) is 0 Å². The monoisotopic (exact) mass is 124 g/mol. The molecule has 0 spiro atoms. The zero-order chi connectivity index (χ0) is 3.41. The Morgan fingerprint density at radius 2 is 2.25 bits per heavy atom. The van der Waals surface area contributed by atoms with Crippen LogP contribution in [-0.4, -0.2) is 15.9 Å². The molecule has 2 heteroatoms. The molecular formula is C2H7FGe. The van der Waals surface area contributed by atoms with E-state index in [0.29, 0.717) is 0 Å². The van der Waals surface area contributed by atoms with E-state index >= 15 is 0 Å². The molecule has 0 radical (unpaired) electrons. The predicted octanol–water partition coefficient (Wildman–Crippen LogP) is 0.478. The van der Waals surface area contributed by atoms with Crippen LogP contribution >= 0.6 is 0 Å². The molecule has 26 valence electrons. The first-order valence-electron chi connectivity index (χ1n) is 1.47. The summed E-state index contributed by atoms with van der Waals surface area (Å²) in [6.07, 6.45) is 0. The molecular weight excluding hydrogens is 116 g/mol. The van der Waals surface area contributed by atoms with Gasteiger partial charge in [0, 0.05) is 0 Å². The van der Waals surface area contributed by atoms with E-state index in [2.05, 4.69) is 0 Å². The molecule has 0 saturated heterocycles. The molecule has 0 aromatic carbocycles. The maximum absolute atomic E-state index is 10.9. The van der Waals surface area contributed by atoms with Crippen LogP contribution in [0.15, 0.2) is 0 Å². The van der Waals surface area contributed by atoms with Crippen LogP contribution in [-0.2, 0) is 0 Å². The van der Waals surface area contributed by atoms with Crippen molar-refractivity contribution in [3.05, 3.63) is 0 Å². The van der Waals surface area contributed by atoms with Crippen LogP contribution in [0.5, 0.6) is 0 Å². The average Bonchev–Trinajstić information content (AvgIpc) is 1.37. The Morgan fingerprint density at radius 3 is 2.25 bits per heavy atom. The molecule has 0 amide bonds. The van der Waals surface area contributed by atoms with Crippen LogP contribution in [0.25, 0.3) is 0 Å². The molecule has 0 N–H and O–H groups in total. The van der Waals surface area contributed by atoms with E-state index in [0.717, 1.165) is 5.25 Å². The van der Waals surface area contributed by atoms with Crippen molar-refractivity contribution < 1.29 is 3.50 Å². The van der Waals surface area contributed by atoms with Crippen LogP contribution in [0.4, 0.5) is 3.50 Å². The fourth-order valence-corrected chi connectivity index (χ4v) is 0. The molecule has 0 aliphatic heterocycles. The first kappa shape index (κ1) is 4.47. The van der Waals surface area contributed by atoms with Crippen molar-refractivity contribution in [3.63, 3.8) is 0 Å². The van der Waals surface area contributed by atoms with Gasteiger partial charge in [-0.3, -0.25) is 0 Å². The normalized spacial score (nSPS) is 10.5. The molecule has 0 aliphatic carbocycles. The fraction of sp³-hybridized carbons (Fsp3) is 1.00. The molecule has 0 bridgehead atoms. The van der Waals surface area contributed by atoms with Crippen LogP contribution in [0.2, 0.25) is 5.25 Å². The molecule has 0 nitrogen and oxygen atoms in total. The van der Waals surface area contributed by atoms with Gasteiger partial charge in [0.1, 0.15) is 0 Å². The number of hydrogen-bond acceptors (Lipinski definition) is 0. The molecule has 0 aromatic heterocycles. The van der Waals surface area contributed by atoms with Crippen molar-refractivity contribution in [2.24, 2.45) is 0 Å². The maximum atomic E-state index is 10.9. The molecule has 0 unspecified atom stereocenters. The second kappa shape index (κ2) is 3.47. The van der Waals surface area contributed by atoms with E-state index in [4.69, 9.17) is 0 Å². The Morgan fingerprint density at radius 1 is 2.00 bits per heavy atom. The average molecular weight is 123 g/mol. The van der Waals surface area contributed by atoms with Gasteiger partial charge in [-0.2, -0.15) is 0 Å². The summed E-state index contributed by atoms with van der Waals surface area (Å²) in [4.78, 5) is 0. The van der Waals surface area contributed by atoms with Crippen molar-refractivity contribution in [3.8, 4) is 0 Å². The zero-order valence-electron chi connectivity index (χ0n) is 2.79. The van der Waals surface area contributed by atoms with Crippen molar-refractivity contribution in [2.75, 3.05) is 0 Å². The second-order valence-corrected chi connectivity index (χ2v) is 3.58. The Labute approximate surface area is 32.4 Å². The summed E-state index contributed by atoms with van der Waals surface area (Å²) in [5.41, 5.74) is 0. The summed E-state index contributed by atoms with van der Waals surface area (Å²) in [5, 5.41) is 0.840. The van der Waals surface area contributed by atoms with Gasteiger partial charge in [-0.25, -0.2) is 0 Å². The van der Waals surface area contributed by atoms with Gasteiger partial charge in [-0.15, -0.1) is 0 Å². The molecule has 0 fully saturated rings. The van der Waals surface area contributed by atoms with Gasteiger partial charge in [0.25, 0.3) is 0 Å². The summed E-state index contributed by atoms with van der Waals surface area (Å²) in [5.74, 6) is 0. The molecule has 0 saturated carbocycles. The van der Waals surface area contributed by atoms with E-state index in [-0.39, 0.29) is 0 Å². The second-order valence-electron chi connectivity index (χ2n) is 0.689. The van der Waals surface area contributed by atoms with Gasteiger partial charge >= 0.3 is 31.6 Å². The minimum atomic E-state index is -1.39. The first-order chi connectivity index (χ1) is 1.91. The summed E-state index contributed by atoms with van der Waals surface area (Å²) >= 11 is -1.39. The van der Waals surface area contributed by atoms with Crippen LogP contribution < -0.4 is 0 Å². The van der Waals surface area contributed by atoms with Crippen LogP contribution in [0, 0.1) is 0 Å². The van der Waals surface area contributed by atoms with Crippen LogP contribution in [0.1, 0.15) is 6.92 Å². The Kier molecular flexibility index (Phi) is 3.88. The number of rotatable bonds is 1. The Balaban J connectivity index is 1.97. The van der Waals surface area contributed by atoms with E-state index in [9.17, 15) is 3.50 Å². The summed E-state index contributed by atoms with van der Waals surface area (Å²) in [7, 11) is 0. The van der Waals surface area contributed by atoms with Gasteiger partial charge in [0.15, 0.2) is 0 Å². The fourth-order valence-electron chi connectivity index (χ4n) is 0. The van der Waals surface area contributed by atoms with Crippen molar-refractivity contribution in [1.82, 2.24) is 0 Å². The third-order valence-corrected chi connectivity index (χ3v) is 0.982. The van der Waals surface area contributed by atoms with E-state index in [1.807, 2.05) is 6.92 Å². The molecule has 0 aliphatic rings. The summed E-state index contributed by atoms with van der Waals surface area (Å²) < 4.78 is 10.9. The summed E-state index contributed by atoms with van der Waals surface area (Å²) in [6.45, 7) is 1.89. The number of halogens is 1. The van der Waals surface area contributed by atoms with Crippen molar-refractivity contribution in [1.29, 1.82) is 0 Å². The standard InChI is InChI=1S/C2H7FGe/c1-2-4-3/h2,4H2,1H3. The van der Waals surface area contributed by atoms with Crippen LogP contribution in [0.3, 0.4) is 0 Å². The molecule has 4 heavy (non-hydrogen) atoms. The van der Waals surface area contributed by atoms with E-state index in [1.165, 1.54) is 0 Å². The minimum absolute atomic E-state index is 0.840. The van der Waals surface area contributed by atoms with Crippen molar-refractivity contribution in [2.45, 2.75) is 12.2 Å². The zero-order valence-corrected chi connectivity index (χ0v) is 5.76. The SMILES string of the molecule is C[CH2][GeH2][F]. The number of hydrogen-bond donors (Lipinski definition) is 0. The van der Waals surface area contributed by atoms with Gasteiger partial charge in [-0.1, -0.05) is 0 Å². The molecule has 0 rings (SSSR count). The third-order valence-electron chi connectivity index (χ3n) is 0.189. The van der Waals surface area contributed by atoms with E-state index in [1.54, 1.807) is 0 Å². The molecule has 0 aromatic rings. The Bertz CT molecular complexity index is 8.00. The summed E-state index contributed by atoms with van der Waals surface area (Å²) in [6, 6.07) is 0. The van der Waals surface area contributed by atoms with Crippen molar-refractivity contribution >= 4 is 15.9 Å². The van der Waals surface area contributed by atoms with Gasteiger partial charge in [0.05, 0.1) is 0 Å². The third kappa shape index (κ3) is 2.47. The quantitative estimate of drug-likeness (QED) is 0.444. The first-order valence-corrected chi connectivity index (χ1v) is 4.69. The van der Waals surface area contributed by atoms with E-state index < -0.39 is 15.9 Å². The molecule has 0 atom stereocenters. The predicted molar refractivity (Wildman–Crippen MR) is 20.1 cm³/mol. The molecule has 0 heterocycles. The van der Waals surface area contributed by atoms with Gasteiger partial charge in [-0.05, 0) is 0 Å². The van der Waals surface area contributed by atoms with Gasteiger partial charge in [0.2, 0.25) is 0 Å².